The number of hydrogen-bond acceptors (Lipinski definition) is 2. The Morgan fingerprint density at radius 2 is 1.38 bits per heavy atom. The van der Waals surface area contributed by atoms with Crippen LogP contribution in [-0.2, 0) is 12.8 Å². The molecule has 2 heteroatoms. The Bertz CT molecular complexity index is 538. The lowest BCUT2D eigenvalue weighted by atomic mass is 9.84. The maximum Gasteiger partial charge on any atom is 0.122 e. The van der Waals surface area contributed by atoms with Crippen LogP contribution in [0.25, 0.3) is 0 Å². The molecule has 1 aromatic carbocycles. The lowest BCUT2D eigenvalue weighted by Crippen LogP contribution is -2.09. The highest BCUT2D eigenvalue weighted by molar-refractivity contribution is 5.45. The largest absolute Gasteiger partial charge is 0.508 e. The molecule has 2 N–H and O–H groups in total. The van der Waals surface area contributed by atoms with Gasteiger partial charge in [0, 0.05) is 6.07 Å². The van der Waals surface area contributed by atoms with Crippen LogP contribution in [0.3, 0.4) is 0 Å². The van der Waals surface area contributed by atoms with Crippen molar-refractivity contribution in [2.75, 3.05) is 0 Å². The van der Waals surface area contributed by atoms with E-state index in [0.29, 0.717) is 10.8 Å². The van der Waals surface area contributed by atoms with Crippen LogP contribution in [0.5, 0.6) is 11.5 Å². The van der Waals surface area contributed by atoms with E-state index in [4.69, 9.17) is 0 Å². The van der Waals surface area contributed by atoms with Crippen LogP contribution >= 0.6 is 0 Å². The molecule has 0 aliphatic rings. The molecule has 0 saturated carbocycles. The van der Waals surface area contributed by atoms with Gasteiger partial charge < -0.3 is 10.2 Å². The Hall–Kier alpha value is -1.18. The van der Waals surface area contributed by atoms with Gasteiger partial charge in [0.25, 0.3) is 0 Å². The van der Waals surface area contributed by atoms with Crippen molar-refractivity contribution in [2.45, 2.75) is 106 Å². The predicted octanol–water partition coefficient (Wildman–Crippen LogP) is 7.40. The Morgan fingerprint density at radius 1 is 0.769 bits per heavy atom. The molecule has 1 aromatic rings. The smallest absolute Gasteiger partial charge is 0.122 e. The number of phenols is 2. The van der Waals surface area contributed by atoms with E-state index in [9.17, 15) is 10.2 Å². The molecule has 0 spiro atoms. The van der Waals surface area contributed by atoms with E-state index in [1.54, 1.807) is 0 Å². The molecule has 1 rings (SSSR count). The zero-order valence-electron chi connectivity index (χ0n) is 18.1. The molecule has 0 aliphatic carbocycles. The normalized spacial score (nSPS) is 12.5. The minimum absolute atomic E-state index is 0.183. The number of aromatic hydroxyl groups is 2. The summed E-state index contributed by atoms with van der Waals surface area (Å²) in [5, 5.41) is 20.2. The summed E-state index contributed by atoms with van der Waals surface area (Å²) in [4.78, 5) is 0. The minimum atomic E-state index is 0.183. The van der Waals surface area contributed by atoms with Crippen molar-refractivity contribution in [2.24, 2.45) is 10.8 Å². The maximum absolute atomic E-state index is 10.3. The molecule has 0 fully saturated rings. The van der Waals surface area contributed by atoms with Crippen LogP contribution in [0.15, 0.2) is 12.1 Å². The molecule has 0 unspecified atom stereocenters. The van der Waals surface area contributed by atoms with Crippen LogP contribution in [0.4, 0.5) is 0 Å². The van der Waals surface area contributed by atoms with Crippen molar-refractivity contribution in [3.8, 4) is 11.5 Å². The SMILES string of the molecule is CCC(C)(C)CCCCc1cc(O)cc(O)c1CCCCCC(C)(C)C. The Kier molecular flexibility index (Phi) is 9.00. The Morgan fingerprint density at radius 3 is 2.00 bits per heavy atom. The van der Waals surface area contributed by atoms with Gasteiger partial charge in [0.05, 0.1) is 0 Å². The van der Waals surface area contributed by atoms with Gasteiger partial charge in [-0.2, -0.15) is 0 Å². The van der Waals surface area contributed by atoms with Crippen molar-refractivity contribution in [3.63, 3.8) is 0 Å². The second-order valence-corrected chi connectivity index (χ2v) is 9.95. The number of phenolic OH excluding ortho intramolecular Hbond substituents is 2. The van der Waals surface area contributed by atoms with E-state index in [-0.39, 0.29) is 11.5 Å². The average molecular weight is 363 g/mol. The van der Waals surface area contributed by atoms with E-state index >= 15 is 0 Å². The molecule has 2 nitrogen and oxygen atoms in total. The van der Waals surface area contributed by atoms with Crippen LogP contribution < -0.4 is 0 Å². The van der Waals surface area contributed by atoms with Crippen molar-refractivity contribution >= 4 is 0 Å². The molecule has 0 aromatic heterocycles. The Balaban J connectivity index is 2.56. The molecule has 0 aliphatic heterocycles. The van der Waals surface area contributed by atoms with Crippen LogP contribution in [-0.4, -0.2) is 10.2 Å². The highest BCUT2D eigenvalue weighted by Gasteiger charge is 2.15. The molecular weight excluding hydrogens is 320 g/mol. The summed E-state index contributed by atoms with van der Waals surface area (Å²) >= 11 is 0. The van der Waals surface area contributed by atoms with Gasteiger partial charge in [-0.25, -0.2) is 0 Å². The third kappa shape index (κ3) is 8.96. The van der Waals surface area contributed by atoms with Crippen molar-refractivity contribution in [1.82, 2.24) is 0 Å². The summed E-state index contributed by atoms with van der Waals surface area (Å²) in [5.74, 6) is 0.451. The number of hydrogen-bond donors (Lipinski definition) is 2. The molecule has 26 heavy (non-hydrogen) atoms. The molecular formula is C24H42O2. The summed E-state index contributed by atoms with van der Waals surface area (Å²) in [6.45, 7) is 13.8. The van der Waals surface area contributed by atoms with Gasteiger partial charge in [-0.3, -0.25) is 0 Å². The number of unbranched alkanes of at least 4 members (excludes halogenated alkanes) is 3. The molecule has 0 bridgehead atoms. The van der Waals surface area contributed by atoms with Crippen LogP contribution in [0.1, 0.15) is 104 Å². The fourth-order valence-corrected chi connectivity index (χ4v) is 3.44. The zero-order valence-corrected chi connectivity index (χ0v) is 18.1. The first-order valence-electron chi connectivity index (χ1n) is 10.6. The monoisotopic (exact) mass is 362 g/mol. The number of aryl methyl sites for hydroxylation is 1. The third-order valence-corrected chi connectivity index (χ3v) is 5.66. The quantitative estimate of drug-likeness (QED) is 0.403. The molecule has 0 amide bonds. The minimum Gasteiger partial charge on any atom is -0.508 e. The van der Waals surface area contributed by atoms with Gasteiger partial charge >= 0.3 is 0 Å². The zero-order chi connectivity index (χ0) is 19.8. The van der Waals surface area contributed by atoms with Gasteiger partial charge in [-0.1, -0.05) is 67.2 Å². The van der Waals surface area contributed by atoms with Gasteiger partial charge in [-0.15, -0.1) is 0 Å². The van der Waals surface area contributed by atoms with E-state index in [1.807, 2.05) is 6.07 Å². The standard InChI is InChI=1S/C24H42O2/c1-7-24(5,6)16-12-10-13-19-17-20(25)18-22(26)21(19)14-9-8-11-15-23(2,3)4/h17-18,25-26H,7-16H2,1-6H3. The fraction of sp³-hybridized carbons (Fsp3) is 0.750. The predicted molar refractivity (Wildman–Crippen MR) is 113 cm³/mol. The highest BCUT2D eigenvalue weighted by atomic mass is 16.3. The molecule has 0 atom stereocenters. The number of benzene rings is 1. The van der Waals surface area contributed by atoms with Gasteiger partial charge in [0.1, 0.15) is 11.5 Å². The first kappa shape index (κ1) is 22.9. The fourth-order valence-electron chi connectivity index (χ4n) is 3.44. The van der Waals surface area contributed by atoms with E-state index in [2.05, 4.69) is 41.5 Å². The number of rotatable bonds is 11. The van der Waals surface area contributed by atoms with E-state index < -0.39 is 0 Å². The second kappa shape index (κ2) is 10.2. The first-order valence-corrected chi connectivity index (χ1v) is 10.6. The molecule has 0 heterocycles. The lowest BCUT2D eigenvalue weighted by Gasteiger charge is -2.22. The van der Waals surface area contributed by atoms with E-state index in [0.717, 1.165) is 36.8 Å². The third-order valence-electron chi connectivity index (χ3n) is 5.66. The van der Waals surface area contributed by atoms with E-state index in [1.165, 1.54) is 44.6 Å². The van der Waals surface area contributed by atoms with Crippen molar-refractivity contribution in [1.29, 1.82) is 0 Å². The first-order chi connectivity index (χ1) is 12.0. The van der Waals surface area contributed by atoms with Gasteiger partial charge in [-0.05, 0) is 66.5 Å². The molecule has 150 valence electrons. The summed E-state index contributed by atoms with van der Waals surface area (Å²) in [6.07, 6.45) is 11.4. The maximum atomic E-state index is 10.3. The summed E-state index contributed by atoms with van der Waals surface area (Å²) < 4.78 is 0. The second-order valence-electron chi connectivity index (χ2n) is 9.95. The van der Waals surface area contributed by atoms with Gasteiger partial charge in [0.15, 0.2) is 0 Å². The molecule has 0 saturated heterocycles. The van der Waals surface area contributed by atoms with Crippen molar-refractivity contribution in [3.05, 3.63) is 23.3 Å². The Labute approximate surface area is 162 Å². The topological polar surface area (TPSA) is 40.5 Å². The van der Waals surface area contributed by atoms with Crippen LogP contribution in [0.2, 0.25) is 0 Å². The lowest BCUT2D eigenvalue weighted by molar-refractivity contribution is 0.309. The average Bonchev–Trinajstić information content (AvgIpc) is 2.52. The summed E-state index contributed by atoms with van der Waals surface area (Å²) in [5.41, 5.74) is 3.00. The summed E-state index contributed by atoms with van der Waals surface area (Å²) in [6, 6.07) is 3.35. The molecule has 0 radical (unpaired) electrons. The van der Waals surface area contributed by atoms with Crippen molar-refractivity contribution < 1.29 is 10.2 Å². The highest BCUT2D eigenvalue weighted by Crippen LogP contribution is 2.32. The van der Waals surface area contributed by atoms with Crippen LogP contribution in [0, 0.1) is 10.8 Å². The summed E-state index contributed by atoms with van der Waals surface area (Å²) in [7, 11) is 0. The van der Waals surface area contributed by atoms with Gasteiger partial charge in [0.2, 0.25) is 0 Å².